The number of rotatable bonds is 11. The molecule has 1 aromatic heterocycles. The van der Waals surface area contributed by atoms with Crippen molar-refractivity contribution >= 4 is 22.6 Å². The molecule has 2 unspecified atom stereocenters. The van der Waals surface area contributed by atoms with Crippen molar-refractivity contribution in [2.24, 2.45) is 10.9 Å². The summed E-state index contributed by atoms with van der Waals surface area (Å²) >= 11 is 0. The summed E-state index contributed by atoms with van der Waals surface area (Å²) in [6.07, 6.45) is 6.13. The number of aliphatic imine (C=N–C) groups is 1. The minimum absolute atomic E-state index is 0.0167. The van der Waals surface area contributed by atoms with Gasteiger partial charge in [-0.3, -0.25) is 4.79 Å². The maximum Gasteiger partial charge on any atom is 0.223 e. The number of amides is 1. The predicted octanol–water partition coefficient (Wildman–Crippen LogP) is 4.58. The number of fused-ring (bicyclic) bond motifs is 1. The van der Waals surface area contributed by atoms with Crippen LogP contribution < -0.4 is 20.8 Å². The normalized spacial score (nSPS) is 18.4. The molecule has 2 aliphatic heterocycles. The monoisotopic (exact) mass is 564 g/mol. The first-order valence-electron chi connectivity index (χ1n) is 15.0. The number of aromatic nitrogens is 1. The van der Waals surface area contributed by atoms with E-state index in [0.29, 0.717) is 13.0 Å². The maximum atomic E-state index is 13.5. The third-order valence-corrected chi connectivity index (χ3v) is 8.41. The van der Waals surface area contributed by atoms with Crippen LogP contribution in [-0.2, 0) is 24.2 Å². The van der Waals surface area contributed by atoms with Gasteiger partial charge in [-0.05, 0) is 73.7 Å². The van der Waals surface area contributed by atoms with Crippen molar-refractivity contribution in [2.75, 3.05) is 20.2 Å². The van der Waals surface area contributed by atoms with Crippen molar-refractivity contribution in [2.45, 2.75) is 50.9 Å². The van der Waals surface area contributed by atoms with E-state index in [-0.39, 0.29) is 24.0 Å². The third kappa shape index (κ3) is 6.66. The van der Waals surface area contributed by atoms with Gasteiger partial charge in [-0.2, -0.15) is 5.01 Å². The number of ether oxygens (including phenoxy) is 1. The number of carbonyl (C=O) groups is 1. The summed E-state index contributed by atoms with van der Waals surface area (Å²) in [5.74, 6) is 1.78. The van der Waals surface area contributed by atoms with Gasteiger partial charge in [-0.1, -0.05) is 60.7 Å². The minimum atomic E-state index is -0.272. The Labute approximate surface area is 247 Å². The highest BCUT2D eigenvalue weighted by Crippen LogP contribution is 2.24. The number of hydrogen-bond donors (Lipinski definition) is 4. The van der Waals surface area contributed by atoms with Gasteiger partial charge in [0.05, 0.1) is 13.2 Å². The number of benzene rings is 3. The van der Waals surface area contributed by atoms with Gasteiger partial charge >= 0.3 is 0 Å². The summed E-state index contributed by atoms with van der Waals surface area (Å²) < 4.78 is 5.37. The largest absolute Gasteiger partial charge is 0.497 e. The Balaban J connectivity index is 1.26. The molecule has 4 N–H and O–H groups in total. The Kier molecular flexibility index (Phi) is 8.82. The van der Waals surface area contributed by atoms with E-state index in [4.69, 9.17) is 9.73 Å². The smallest absolute Gasteiger partial charge is 0.223 e. The number of amidine groups is 1. The predicted molar refractivity (Wildman–Crippen MR) is 167 cm³/mol. The fraction of sp³-hybridized carbons (Fsp3) is 0.353. The van der Waals surface area contributed by atoms with Gasteiger partial charge in [0.2, 0.25) is 5.91 Å². The number of para-hydroxylation sites is 1. The molecule has 42 heavy (non-hydrogen) atoms. The van der Waals surface area contributed by atoms with Crippen LogP contribution in [0.4, 0.5) is 0 Å². The molecule has 218 valence electrons. The van der Waals surface area contributed by atoms with Crippen LogP contribution in [0.5, 0.6) is 5.75 Å². The van der Waals surface area contributed by atoms with Crippen molar-refractivity contribution in [3.8, 4) is 5.75 Å². The molecule has 0 bridgehead atoms. The van der Waals surface area contributed by atoms with Gasteiger partial charge in [0, 0.05) is 36.0 Å². The number of aryl methyl sites for hydroxylation is 1. The number of piperidine rings is 1. The van der Waals surface area contributed by atoms with Crippen LogP contribution in [0.3, 0.4) is 0 Å². The van der Waals surface area contributed by atoms with Crippen LogP contribution in [0.15, 0.2) is 90.1 Å². The van der Waals surface area contributed by atoms with E-state index in [1.807, 2.05) is 24.3 Å². The lowest BCUT2D eigenvalue weighted by Crippen LogP contribution is -2.52. The average molecular weight is 565 g/mol. The van der Waals surface area contributed by atoms with E-state index < -0.39 is 0 Å². The summed E-state index contributed by atoms with van der Waals surface area (Å²) in [6, 6.07) is 26.8. The van der Waals surface area contributed by atoms with Gasteiger partial charge in [0.15, 0.2) is 0 Å². The Morgan fingerprint density at radius 2 is 1.76 bits per heavy atom. The first kappa shape index (κ1) is 28.0. The summed E-state index contributed by atoms with van der Waals surface area (Å²) in [5.41, 5.74) is 8.36. The van der Waals surface area contributed by atoms with E-state index >= 15 is 0 Å². The molecule has 1 saturated heterocycles. The van der Waals surface area contributed by atoms with Crippen molar-refractivity contribution in [1.82, 2.24) is 26.1 Å². The highest BCUT2D eigenvalue weighted by Gasteiger charge is 2.33. The molecule has 0 saturated carbocycles. The molecule has 3 aromatic carbocycles. The Bertz CT molecular complexity index is 1490. The molecular weight excluding hydrogens is 524 g/mol. The number of methoxy groups -OCH3 is 1. The number of carbonyl (C=O) groups excluding carboxylic acids is 1. The third-order valence-electron chi connectivity index (χ3n) is 8.41. The topological polar surface area (TPSA) is 93.8 Å². The minimum Gasteiger partial charge on any atom is -0.497 e. The van der Waals surface area contributed by atoms with E-state index in [1.54, 1.807) is 7.11 Å². The molecule has 2 atom stereocenters. The van der Waals surface area contributed by atoms with Gasteiger partial charge in [-0.25, -0.2) is 4.99 Å². The molecule has 8 nitrogen and oxygen atoms in total. The van der Waals surface area contributed by atoms with E-state index in [0.717, 1.165) is 61.4 Å². The number of nitrogens with zero attached hydrogens (tertiary/aromatic N) is 2. The SMILES string of the molecule is COc1ccc(CN2NC(C(Cc3c[nH]c4ccccc34)NC(=O)C3CCNCC3)=NC2CCc2ccccc2)cc1. The van der Waals surface area contributed by atoms with Crippen molar-refractivity contribution in [1.29, 1.82) is 0 Å². The number of hydrazine groups is 1. The summed E-state index contributed by atoms with van der Waals surface area (Å²) in [6.45, 7) is 2.43. The van der Waals surface area contributed by atoms with Gasteiger partial charge in [0.1, 0.15) is 17.8 Å². The standard InChI is InChI=1S/C34H40N6O2/c1-42-28-14-11-25(12-15-28)23-40-32(16-13-24-7-3-2-4-8-24)38-33(39-40)31(37-34(41)26-17-19-35-20-18-26)21-27-22-36-30-10-6-5-9-29(27)30/h2-12,14-15,22,26,31-32,35-36H,13,16-21,23H2,1H3,(H,37,41)(H,38,39). The fourth-order valence-electron chi connectivity index (χ4n) is 5.99. The summed E-state index contributed by atoms with van der Waals surface area (Å²) in [5, 5.41) is 10.2. The first-order chi connectivity index (χ1) is 20.7. The molecule has 0 aliphatic carbocycles. The molecule has 0 spiro atoms. The number of nitrogens with one attached hydrogen (secondary N) is 4. The maximum absolute atomic E-state index is 13.5. The van der Waals surface area contributed by atoms with Crippen LogP contribution in [0, 0.1) is 5.92 Å². The lowest BCUT2D eigenvalue weighted by Gasteiger charge is -2.27. The van der Waals surface area contributed by atoms with E-state index in [2.05, 4.69) is 86.8 Å². The molecule has 1 fully saturated rings. The summed E-state index contributed by atoms with van der Waals surface area (Å²) in [7, 11) is 1.68. The molecule has 6 rings (SSSR count). The second-order valence-corrected chi connectivity index (χ2v) is 11.3. The van der Waals surface area contributed by atoms with E-state index in [1.165, 1.54) is 16.5 Å². The van der Waals surface area contributed by atoms with Crippen LogP contribution in [0.2, 0.25) is 0 Å². The zero-order valence-electron chi connectivity index (χ0n) is 24.2. The fourth-order valence-corrected chi connectivity index (χ4v) is 5.99. The molecule has 8 heteroatoms. The van der Waals surface area contributed by atoms with Gasteiger partial charge in [0.25, 0.3) is 0 Å². The van der Waals surface area contributed by atoms with Crippen LogP contribution in [0.25, 0.3) is 10.9 Å². The van der Waals surface area contributed by atoms with Crippen LogP contribution >= 0.6 is 0 Å². The lowest BCUT2D eigenvalue weighted by atomic mass is 9.96. The Morgan fingerprint density at radius 1 is 1.00 bits per heavy atom. The van der Waals surface area contributed by atoms with Crippen LogP contribution in [0.1, 0.15) is 36.0 Å². The Morgan fingerprint density at radius 3 is 2.55 bits per heavy atom. The highest BCUT2D eigenvalue weighted by molar-refractivity contribution is 5.94. The number of aromatic amines is 1. The van der Waals surface area contributed by atoms with Crippen molar-refractivity contribution < 1.29 is 9.53 Å². The second kappa shape index (κ2) is 13.2. The van der Waals surface area contributed by atoms with Crippen LogP contribution in [-0.4, -0.2) is 54.1 Å². The number of H-pyrrole nitrogens is 1. The Hall–Kier alpha value is -4.14. The molecule has 2 aliphatic rings. The zero-order valence-corrected chi connectivity index (χ0v) is 24.2. The van der Waals surface area contributed by atoms with Gasteiger partial charge in [-0.15, -0.1) is 0 Å². The lowest BCUT2D eigenvalue weighted by molar-refractivity contribution is -0.126. The molecule has 0 radical (unpaired) electrons. The molecule has 4 aromatic rings. The summed E-state index contributed by atoms with van der Waals surface area (Å²) in [4.78, 5) is 22.2. The van der Waals surface area contributed by atoms with Crippen molar-refractivity contribution in [3.63, 3.8) is 0 Å². The number of hydrogen-bond acceptors (Lipinski definition) is 6. The molecule has 1 amide bonds. The van der Waals surface area contributed by atoms with Crippen molar-refractivity contribution in [3.05, 3.63) is 102 Å². The highest BCUT2D eigenvalue weighted by atomic mass is 16.5. The zero-order chi connectivity index (χ0) is 28.7. The van der Waals surface area contributed by atoms with E-state index in [9.17, 15) is 4.79 Å². The average Bonchev–Trinajstić information content (AvgIpc) is 3.64. The quantitative estimate of drug-likeness (QED) is 0.214. The first-order valence-corrected chi connectivity index (χ1v) is 15.0. The van der Waals surface area contributed by atoms with Gasteiger partial charge < -0.3 is 25.8 Å². The molecule has 3 heterocycles. The second-order valence-electron chi connectivity index (χ2n) is 11.3. The molecular formula is C34H40N6O2.